The second-order valence-corrected chi connectivity index (χ2v) is 12.8. The van der Waals surface area contributed by atoms with E-state index in [0.29, 0.717) is 57.8 Å². The van der Waals surface area contributed by atoms with Crippen LogP contribution in [0.25, 0.3) is 22.1 Å². The average molecular weight is 695 g/mol. The maximum atomic E-state index is 13.5. The average Bonchev–Trinajstić information content (AvgIpc) is 3.60. The Bertz CT molecular complexity index is 2180. The molecule has 4 aromatic carbocycles. The molecule has 8 rings (SSSR count). The van der Waals surface area contributed by atoms with Crippen molar-refractivity contribution in [3.8, 4) is 57.1 Å². The number of hydrogen-bond donors (Lipinski definition) is 1. The summed E-state index contributed by atoms with van der Waals surface area (Å²) in [5, 5.41) is 10.1. The molecule has 51 heavy (non-hydrogen) atoms. The van der Waals surface area contributed by atoms with E-state index in [2.05, 4.69) is 13.8 Å². The number of benzene rings is 4. The molecule has 3 aliphatic heterocycles. The molecule has 0 aliphatic carbocycles. The normalized spacial score (nSPS) is 18.1. The van der Waals surface area contributed by atoms with Gasteiger partial charge >= 0.3 is 0 Å². The highest BCUT2D eigenvalue weighted by Crippen LogP contribution is 2.50. The molecule has 0 amide bonds. The van der Waals surface area contributed by atoms with Crippen LogP contribution >= 0.6 is 0 Å². The Morgan fingerprint density at radius 1 is 0.804 bits per heavy atom. The van der Waals surface area contributed by atoms with Crippen LogP contribution in [0.15, 0.2) is 76.1 Å². The number of fused-ring (bicyclic) bond motifs is 7. The van der Waals surface area contributed by atoms with Gasteiger partial charge in [0.15, 0.2) is 28.6 Å². The van der Waals surface area contributed by atoms with E-state index in [-0.39, 0.29) is 40.5 Å². The number of ketones is 1. The van der Waals surface area contributed by atoms with Gasteiger partial charge in [-0.25, -0.2) is 0 Å². The molecule has 3 aliphatic rings. The lowest BCUT2D eigenvalue weighted by atomic mass is 9.81. The topological polar surface area (TPSA) is 132 Å². The summed E-state index contributed by atoms with van der Waals surface area (Å²) in [6.07, 6.45) is 1.84. The van der Waals surface area contributed by atoms with Crippen molar-refractivity contribution in [2.24, 2.45) is 5.92 Å². The van der Waals surface area contributed by atoms with E-state index < -0.39 is 5.92 Å². The van der Waals surface area contributed by atoms with Gasteiger partial charge in [-0.05, 0) is 53.9 Å². The summed E-state index contributed by atoms with van der Waals surface area (Å²) in [5.74, 6) is 4.02. The third-order valence-electron chi connectivity index (χ3n) is 9.57. The minimum absolute atomic E-state index is 0.0452. The maximum absolute atomic E-state index is 13.5. The molecule has 0 bridgehead atoms. The molecule has 11 nitrogen and oxygen atoms in total. The first-order chi connectivity index (χ1) is 24.7. The van der Waals surface area contributed by atoms with Gasteiger partial charge in [-0.2, -0.15) is 0 Å². The van der Waals surface area contributed by atoms with Crippen molar-refractivity contribution in [3.63, 3.8) is 0 Å². The van der Waals surface area contributed by atoms with Crippen LogP contribution in [0.2, 0.25) is 0 Å². The monoisotopic (exact) mass is 694 g/mol. The number of methoxy groups -OCH3 is 4. The molecule has 4 heterocycles. The first-order valence-electron chi connectivity index (χ1n) is 16.5. The predicted octanol–water partition coefficient (Wildman–Crippen LogP) is 6.97. The first kappa shape index (κ1) is 33.6. The Morgan fingerprint density at radius 3 is 2.24 bits per heavy atom. The number of carbonyl (C=O) groups is 1. The van der Waals surface area contributed by atoms with E-state index in [1.54, 1.807) is 51.7 Å². The zero-order chi connectivity index (χ0) is 36.0. The quantitative estimate of drug-likeness (QED) is 0.198. The summed E-state index contributed by atoms with van der Waals surface area (Å²) >= 11 is 0. The molecule has 0 radical (unpaired) electrons. The van der Waals surface area contributed by atoms with Gasteiger partial charge in [-0.1, -0.05) is 26.0 Å². The molecule has 1 aromatic heterocycles. The van der Waals surface area contributed by atoms with Gasteiger partial charge in [-0.3, -0.25) is 9.59 Å². The molecule has 0 saturated heterocycles. The summed E-state index contributed by atoms with van der Waals surface area (Å²) < 4.78 is 44.9. The highest BCUT2D eigenvalue weighted by atomic mass is 16.5. The molecule has 5 aromatic rings. The molecule has 3 unspecified atom stereocenters. The summed E-state index contributed by atoms with van der Waals surface area (Å²) in [5.41, 5.74) is 3.57. The van der Waals surface area contributed by atoms with Crippen molar-refractivity contribution in [2.75, 3.05) is 35.0 Å². The van der Waals surface area contributed by atoms with Crippen LogP contribution in [0, 0.1) is 5.92 Å². The zero-order valence-electron chi connectivity index (χ0n) is 29.1. The van der Waals surface area contributed by atoms with E-state index in [4.69, 9.17) is 37.6 Å². The molecular weight excluding hydrogens is 656 g/mol. The van der Waals surface area contributed by atoms with Crippen molar-refractivity contribution in [1.82, 2.24) is 0 Å². The van der Waals surface area contributed by atoms with Gasteiger partial charge in [0.05, 0.1) is 50.9 Å². The van der Waals surface area contributed by atoms with Crippen LogP contribution in [-0.2, 0) is 6.42 Å². The van der Waals surface area contributed by atoms with Crippen LogP contribution in [0.3, 0.4) is 0 Å². The number of rotatable bonds is 6. The molecule has 3 atom stereocenters. The number of phenolic OH excluding ortho intramolecular Hbond substituents is 1. The van der Waals surface area contributed by atoms with Gasteiger partial charge in [0.1, 0.15) is 48.1 Å². The summed E-state index contributed by atoms with van der Waals surface area (Å²) in [7, 11) is 6.15. The second-order valence-electron chi connectivity index (χ2n) is 12.8. The van der Waals surface area contributed by atoms with E-state index in [9.17, 15) is 14.7 Å². The Morgan fingerprint density at radius 2 is 1.55 bits per heavy atom. The van der Waals surface area contributed by atoms with E-state index in [0.717, 1.165) is 28.9 Å². The molecule has 264 valence electrons. The molecule has 0 saturated carbocycles. The number of hydrogen-bond acceptors (Lipinski definition) is 11. The van der Waals surface area contributed by atoms with E-state index >= 15 is 0 Å². The molecule has 0 fully saturated rings. The number of aromatic hydroxyl groups is 1. The number of Topliss-reactive ketones (excluding diaryl/α,β-unsaturated/α-hetero) is 1. The molecule has 1 N–H and O–H groups in total. The number of phenols is 1. The minimum atomic E-state index is -0.438. The van der Waals surface area contributed by atoms with Crippen LogP contribution in [0.1, 0.15) is 41.3 Å². The minimum Gasteiger partial charge on any atom is -0.504 e. The van der Waals surface area contributed by atoms with Crippen molar-refractivity contribution < 1.29 is 47.5 Å². The van der Waals surface area contributed by atoms with Crippen LogP contribution in [0.5, 0.6) is 46.0 Å². The summed E-state index contributed by atoms with van der Waals surface area (Å²) in [6.45, 7) is 4.58. The number of carbonyl (C=O) groups excluding carboxylic acids is 1. The maximum Gasteiger partial charge on any atom is 0.204 e. The predicted molar refractivity (Wildman–Crippen MR) is 189 cm³/mol. The van der Waals surface area contributed by atoms with Gasteiger partial charge in [-0.15, -0.1) is 0 Å². The summed E-state index contributed by atoms with van der Waals surface area (Å²) in [4.78, 5) is 26.2. The Balaban J connectivity index is 0.000000166. The lowest BCUT2D eigenvalue weighted by Gasteiger charge is -2.37. The van der Waals surface area contributed by atoms with Crippen molar-refractivity contribution in [3.05, 3.63) is 93.8 Å². The van der Waals surface area contributed by atoms with E-state index in [1.165, 1.54) is 25.5 Å². The Labute approximate surface area is 294 Å². The van der Waals surface area contributed by atoms with Crippen molar-refractivity contribution in [1.29, 1.82) is 0 Å². The fraction of sp³-hybridized carbons (Fsp3) is 0.300. The smallest absolute Gasteiger partial charge is 0.204 e. The highest BCUT2D eigenvalue weighted by Gasteiger charge is 2.45. The van der Waals surface area contributed by atoms with Crippen LogP contribution in [-0.4, -0.2) is 58.1 Å². The Hall–Kier alpha value is -5.84. The molecule has 11 heteroatoms. The standard InChI is InChI=1S/C23H24O6.C17H14O5/c1-11(2)16-8-14-15(28-16)6-5-12-22(24)21-13-7-18(25-3)19(26-4)9-17(13)27-10-20(21)29-23(12)14;1-20-11-5-3-10(4-6-11)13-9-22-16-12(15(13)19)7-8-14(18)17(16)21-2/h5-7,9,11,16,20-21H,8,10H2,1-4H3;3-9,18H,1-2H3. The molecular formula is C40H38O11. The van der Waals surface area contributed by atoms with E-state index in [1.807, 2.05) is 18.2 Å². The highest BCUT2D eigenvalue weighted by molar-refractivity contribution is 6.06. The van der Waals surface area contributed by atoms with Gasteiger partial charge in [0.25, 0.3) is 0 Å². The first-order valence-corrected chi connectivity index (χ1v) is 16.5. The fourth-order valence-electron chi connectivity index (χ4n) is 6.79. The summed E-state index contributed by atoms with van der Waals surface area (Å²) in [6, 6.07) is 17.4. The molecule has 0 spiro atoms. The van der Waals surface area contributed by atoms with Gasteiger partial charge in [0.2, 0.25) is 11.2 Å². The lowest BCUT2D eigenvalue weighted by Crippen LogP contribution is -2.43. The fourth-order valence-corrected chi connectivity index (χ4v) is 6.79. The number of ether oxygens (including phenoxy) is 7. The van der Waals surface area contributed by atoms with Gasteiger partial charge < -0.3 is 42.7 Å². The van der Waals surface area contributed by atoms with Gasteiger partial charge in [0, 0.05) is 23.6 Å². The third-order valence-corrected chi connectivity index (χ3v) is 9.57. The largest absolute Gasteiger partial charge is 0.504 e. The SMILES string of the molecule is COc1cc2c(cc1OC)C1C(=O)c3ccc4c(c3OC1CO2)CC(C(C)C)O4.COc1ccc(-c2coc3c(OC)c(O)ccc3c2=O)cc1. The van der Waals surface area contributed by atoms with Crippen LogP contribution < -0.4 is 38.6 Å². The van der Waals surface area contributed by atoms with Crippen LogP contribution in [0.4, 0.5) is 0 Å². The zero-order valence-corrected chi connectivity index (χ0v) is 29.1. The van der Waals surface area contributed by atoms with Crippen molar-refractivity contribution in [2.45, 2.75) is 38.4 Å². The Kier molecular flexibility index (Phi) is 8.88. The second kappa shape index (κ2) is 13.5. The third kappa shape index (κ3) is 5.82. The lowest BCUT2D eigenvalue weighted by molar-refractivity contribution is 0.0554. The van der Waals surface area contributed by atoms with Crippen molar-refractivity contribution >= 4 is 16.8 Å².